The van der Waals surface area contributed by atoms with Gasteiger partial charge in [-0.2, -0.15) is 0 Å². The lowest BCUT2D eigenvalue weighted by atomic mass is 10.0. The number of carbonyl (C=O) groups is 2. The standard InChI is InChI=1S/C29H30N2O3/c1-5-30(23-12-7-6-8-13-23)27-26(22-15-17-24(18-16-22)34-19-20(2)3)28(32)31(29(27)33)25-14-10-9-11-21(25)4/h6-18,20H,5,19H2,1-4H3. The van der Waals surface area contributed by atoms with Crippen LogP contribution in [0.25, 0.3) is 5.57 Å². The van der Waals surface area contributed by atoms with Gasteiger partial charge in [-0.3, -0.25) is 9.59 Å². The lowest BCUT2D eigenvalue weighted by molar-refractivity contribution is -0.120. The first kappa shape index (κ1) is 23.3. The van der Waals surface area contributed by atoms with Crippen molar-refractivity contribution in [2.24, 2.45) is 5.92 Å². The molecule has 0 aromatic heterocycles. The fraction of sp³-hybridized carbons (Fsp3) is 0.241. The van der Waals surface area contributed by atoms with Crippen LogP contribution in [0.1, 0.15) is 31.9 Å². The Labute approximate surface area is 201 Å². The number of imide groups is 1. The van der Waals surface area contributed by atoms with E-state index in [0.717, 1.165) is 17.0 Å². The molecule has 0 fully saturated rings. The van der Waals surface area contributed by atoms with Gasteiger partial charge in [0.15, 0.2) is 0 Å². The quantitative estimate of drug-likeness (QED) is 0.401. The van der Waals surface area contributed by atoms with E-state index in [1.165, 1.54) is 4.90 Å². The van der Waals surface area contributed by atoms with Crippen molar-refractivity contribution in [3.63, 3.8) is 0 Å². The largest absolute Gasteiger partial charge is 0.493 e. The monoisotopic (exact) mass is 454 g/mol. The average Bonchev–Trinajstić information content (AvgIpc) is 3.09. The molecule has 1 aliphatic heterocycles. The molecule has 5 heteroatoms. The van der Waals surface area contributed by atoms with E-state index in [1.807, 2.05) is 97.6 Å². The summed E-state index contributed by atoms with van der Waals surface area (Å²) in [6.45, 7) is 9.23. The first-order valence-electron chi connectivity index (χ1n) is 11.7. The minimum absolute atomic E-state index is 0.319. The number of para-hydroxylation sites is 2. The predicted molar refractivity (Wildman–Crippen MR) is 137 cm³/mol. The zero-order chi connectivity index (χ0) is 24.2. The molecule has 0 spiro atoms. The molecule has 4 rings (SSSR count). The van der Waals surface area contributed by atoms with Crippen LogP contribution in [0.3, 0.4) is 0 Å². The average molecular weight is 455 g/mol. The lowest BCUT2D eigenvalue weighted by Crippen LogP contribution is -2.35. The smallest absolute Gasteiger partial charge is 0.282 e. The van der Waals surface area contributed by atoms with Crippen LogP contribution >= 0.6 is 0 Å². The van der Waals surface area contributed by atoms with Crippen LogP contribution in [-0.2, 0) is 9.59 Å². The Balaban J connectivity index is 1.83. The van der Waals surface area contributed by atoms with Crippen LogP contribution in [-0.4, -0.2) is 25.0 Å². The minimum Gasteiger partial charge on any atom is -0.493 e. The molecule has 0 radical (unpaired) electrons. The van der Waals surface area contributed by atoms with Gasteiger partial charge in [-0.05, 0) is 61.2 Å². The fourth-order valence-electron chi connectivity index (χ4n) is 4.12. The maximum Gasteiger partial charge on any atom is 0.282 e. The Hall–Kier alpha value is -3.86. The Morgan fingerprint density at radius 3 is 2.12 bits per heavy atom. The molecule has 0 N–H and O–H groups in total. The van der Waals surface area contributed by atoms with E-state index in [2.05, 4.69) is 13.8 Å². The molecule has 0 saturated carbocycles. The number of anilines is 2. The molecule has 3 aromatic carbocycles. The van der Waals surface area contributed by atoms with Crippen LogP contribution in [0.15, 0.2) is 84.6 Å². The number of hydrogen-bond acceptors (Lipinski definition) is 4. The summed E-state index contributed by atoms with van der Waals surface area (Å²) in [5.41, 5.74) is 3.81. The third-order valence-electron chi connectivity index (χ3n) is 5.80. The Morgan fingerprint density at radius 2 is 1.50 bits per heavy atom. The Morgan fingerprint density at radius 1 is 0.853 bits per heavy atom. The predicted octanol–water partition coefficient (Wildman–Crippen LogP) is 5.84. The fourth-order valence-corrected chi connectivity index (χ4v) is 4.12. The van der Waals surface area contributed by atoms with Gasteiger partial charge in [0, 0.05) is 12.2 Å². The van der Waals surface area contributed by atoms with Crippen molar-refractivity contribution in [3.8, 4) is 5.75 Å². The summed E-state index contributed by atoms with van der Waals surface area (Å²) >= 11 is 0. The number of hydrogen-bond donors (Lipinski definition) is 0. The minimum atomic E-state index is -0.320. The number of carbonyl (C=O) groups excluding carboxylic acids is 2. The highest BCUT2D eigenvalue weighted by molar-refractivity contribution is 6.46. The second-order valence-electron chi connectivity index (χ2n) is 8.76. The highest BCUT2D eigenvalue weighted by Crippen LogP contribution is 2.38. The zero-order valence-electron chi connectivity index (χ0n) is 20.1. The molecule has 2 amide bonds. The summed E-state index contributed by atoms with van der Waals surface area (Å²) < 4.78 is 5.82. The summed E-state index contributed by atoms with van der Waals surface area (Å²) in [7, 11) is 0. The first-order chi connectivity index (χ1) is 16.4. The summed E-state index contributed by atoms with van der Waals surface area (Å²) in [5, 5.41) is 0. The summed E-state index contributed by atoms with van der Waals surface area (Å²) in [6, 6.07) is 24.6. The number of ether oxygens (including phenoxy) is 1. The first-order valence-corrected chi connectivity index (χ1v) is 11.7. The van der Waals surface area contributed by atoms with E-state index < -0.39 is 0 Å². The number of likely N-dealkylation sites (N-methyl/N-ethyl adjacent to an activating group) is 1. The van der Waals surface area contributed by atoms with Crippen LogP contribution in [0.5, 0.6) is 5.75 Å². The molecule has 0 atom stereocenters. The molecule has 34 heavy (non-hydrogen) atoms. The van der Waals surface area contributed by atoms with E-state index in [-0.39, 0.29) is 11.8 Å². The molecule has 1 aliphatic rings. The number of amides is 2. The molecule has 0 saturated heterocycles. The molecule has 0 unspecified atom stereocenters. The maximum absolute atomic E-state index is 13.9. The Bertz CT molecular complexity index is 1210. The van der Waals surface area contributed by atoms with E-state index in [4.69, 9.17) is 4.74 Å². The highest BCUT2D eigenvalue weighted by atomic mass is 16.5. The molecular formula is C29H30N2O3. The van der Waals surface area contributed by atoms with Gasteiger partial charge in [-0.1, -0.05) is 62.4 Å². The van der Waals surface area contributed by atoms with Gasteiger partial charge in [0.05, 0.1) is 17.9 Å². The second-order valence-corrected chi connectivity index (χ2v) is 8.76. The van der Waals surface area contributed by atoms with Crippen molar-refractivity contribution in [2.75, 3.05) is 23.0 Å². The van der Waals surface area contributed by atoms with Crippen LogP contribution in [0.2, 0.25) is 0 Å². The lowest BCUT2D eigenvalue weighted by Gasteiger charge is -2.25. The number of nitrogens with zero attached hydrogens (tertiary/aromatic N) is 2. The molecule has 1 heterocycles. The summed E-state index contributed by atoms with van der Waals surface area (Å²) in [5.74, 6) is 0.511. The topological polar surface area (TPSA) is 49.9 Å². The van der Waals surface area contributed by atoms with E-state index in [9.17, 15) is 9.59 Å². The van der Waals surface area contributed by atoms with E-state index in [1.54, 1.807) is 0 Å². The van der Waals surface area contributed by atoms with Crippen molar-refractivity contribution in [2.45, 2.75) is 27.7 Å². The SMILES string of the molecule is CCN(C1=C(c2ccc(OCC(C)C)cc2)C(=O)N(c2ccccc2C)C1=O)c1ccccc1. The molecular weight excluding hydrogens is 424 g/mol. The van der Waals surface area contributed by atoms with Crippen molar-refractivity contribution in [3.05, 3.63) is 95.7 Å². The van der Waals surface area contributed by atoms with Gasteiger partial charge in [0.2, 0.25) is 0 Å². The third kappa shape index (κ3) is 4.46. The normalized spacial score (nSPS) is 13.7. The maximum atomic E-state index is 13.9. The number of benzene rings is 3. The van der Waals surface area contributed by atoms with Crippen LogP contribution < -0.4 is 14.5 Å². The van der Waals surface area contributed by atoms with E-state index >= 15 is 0 Å². The molecule has 5 nitrogen and oxygen atoms in total. The van der Waals surface area contributed by atoms with Crippen molar-refractivity contribution in [1.82, 2.24) is 0 Å². The summed E-state index contributed by atoms with van der Waals surface area (Å²) in [6.07, 6.45) is 0. The molecule has 3 aromatic rings. The second kappa shape index (κ2) is 9.96. The Kier molecular flexibility index (Phi) is 6.82. The molecule has 174 valence electrons. The number of aryl methyl sites for hydroxylation is 1. The van der Waals surface area contributed by atoms with Gasteiger partial charge < -0.3 is 9.64 Å². The van der Waals surface area contributed by atoms with Crippen molar-refractivity contribution >= 4 is 28.8 Å². The zero-order valence-corrected chi connectivity index (χ0v) is 20.1. The van der Waals surface area contributed by atoms with Gasteiger partial charge in [0.25, 0.3) is 11.8 Å². The van der Waals surface area contributed by atoms with Gasteiger partial charge in [-0.15, -0.1) is 0 Å². The molecule has 0 aliphatic carbocycles. The van der Waals surface area contributed by atoms with Gasteiger partial charge in [0.1, 0.15) is 11.4 Å². The van der Waals surface area contributed by atoms with Crippen molar-refractivity contribution < 1.29 is 14.3 Å². The molecule has 0 bridgehead atoms. The summed E-state index contributed by atoms with van der Waals surface area (Å²) in [4.78, 5) is 30.9. The van der Waals surface area contributed by atoms with Gasteiger partial charge in [-0.25, -0.2) is 4.90 Å². The van der Waals surface area contributed by atoms with Crippen LogP contribution in [0.4, 0.5) is 11.4 Å². The number of rotatable bonds is 8. The highest BCUT2D eigenvalue weighted by Gasteiger charge is 2.43. The third-order valence-corrected chi connectivity index (χ3v) is 5.80. The van der Waals surface area contributed by atoms with Crippen molar-refractivity contribution in [1.29, 1.82) is 0 Å². The van der Waals surface area contributed by atoms with Crippen LogP contribution in [0, 0.1) is 12.8 Å². The van der Waals surface area contributed by atoms with E-state index in [0.29, 0.717) is 41.6 Å². The van der Waals surface area contributed by atoms with Gasteiger partial charge >= 0.3 is 0 Å².